The van der Waals surface area contributed by atoms with Gasteiger partial charge >= 0.3 is 0 Å². The monoisotopic (exact) mass is 409 g/mol. The summed E-state index contributed by atoms with van der Waals surface area (Å²) in [4.78, 5) is 7.16. The Morgan fingerprint density at radius 2 is 1.96 bits per heavy atom. The third-order valence-corrected chi connectivity index (χ3v) is 5.35. The van der Waals surface area contributed by atoms with Crippen molar-refractivity contribution in [1.82, 2.24) is 9.97 Å². The van der Waals surface area contributed by atoms with Crippen LogP contribution in [0, 0.1) is 12.7 Å². The number of phenols is 1. The molecule has 0 fully saturated rings. The fraction of sp³-hybridized carbons (Fsp3) is 0.167. The third kappa shape index (κ3) is 4.06. The van der Waals surface area contributed by atoms with Crippen molar-refractivity contribution in [1.29, 1.82) is 0 Å². The number of aromatic nitrogens is 2. The van der Waals surface area contributed by atoms with E-state index in [4.69, 9.17) is 11.6 Å². The molecule has 1 aromatic heterocycles. The fourth-order valence-electron chi connectivity index (χ4n) is 2.72. The number of aromatic hydroxyl groups is 1. The quantitative estimate of drug-likeness (QED) is 0.557. The van der Waals surface area contributed by atoms with Gasteiger partial charge in [0.05, 0.1) is 16.4 Å². The molecule has 1 heterocycles. The zero-order valence-corrected chi connectivity index (χ0v) is 16.1. The van der Waals surface area contributed by atoms with E-state index in [1.54, 1.807) is 25.1 Å². The van der Waals surface area contributed by atoms with E-state index < -0.39 is 21.7 Å². The molecular formula is C18H17ClFN3O3S. The van der Waals surface area contributed by atoms with E-state index in [2.05, 4.69) is 15.3 Å². The average Bonchev–Trinajstić information content (AvgIpc) is 2.98. The van der Waals surface area contributed by atoms with Gasteiger partial charge in [-0.05, 0) is 36.8 Å². The van der Waals surface area contributed by atoms with Gasteiger partial charge in [0.25, 0.3) is 0 Å². The van der Waals surface area contributed by atoms with Crippen LogP contribution in [0.1, 0.15) is 23.1 Å². The van der Waals surface area contributed by atoms with Crippen molar-refractivity contribution in [2.24, 2.45) is 0 Å². The molecule has 9 heteroatoms. The molecule has 0 radical (unpaired) electrons. The predicted molar refractivity (Wildman–Crippen MR) is 101 cm³/mol. The number of anilines is 1. The number of phenolic OH excluding ortho intramolecular Hbond substituents is 1. The normalized spacial score (nSPS) is 12.7. The molecule has 0 amide bonds. The second kappa shape index (κ2) is 7.21. The maximum absolute atomic E-state index is 13.6. The summed E-state index contributed by atoms with van der Waals surface area (Å²) in [5.41, 5.74) is 1.32. The maximum Gasteiger partial charge on any atom is 0.194 e. The van der Waals surface area contributed by atoms with Crippen molar-refractivity contribution in [2.45, 2.75) is 18.0 Å². The van der Waals surface area contributed by atoms with Crippen molar-refractivity contribution < 1.29 is 17.9 Å². The first-order valence-corrected chi connectivity index (χ1v) is 10.2. The number of halogens is 2. The summed E-state index contributed by atoms with van der Waals surface area (Å²) in [7, 11) is -3.53. The molecule has 0 aliphatic heterocycles. The summed E-state index contributed by atoms with van der Waals surface area (Å²) in [5.74, 6) is -0.282. The zero-order valence-electron chi connectivity index (χ0n) is 14.5. The first-order chi connectivity index (χ1) is 12.7. The van der Waals surface area contributed by atoms with E-state index in [1.807, 2.05) is 0 Å². The van der Waals surface area contributed by atoms with Gasteiger partial charge in [0.1, 0.15) is 23.4 Å². The Morgan fingerprint density at radius 1 is 1.26 bits per heavy atom. The lowest BCUT2D eigenvalue weighted by molar-refractivity contribution is 0.476. The summed E-state index contributed by atoms with van der Waals surface area (Å²) >= 11 is 5.91. The molecule has 142 valence electrons. The molecule has 3 aromatic rings. The highest BCUT2D eigenvalue weighted by Crippen LogP contribution is 2.32. The van der Waals surface area contributed by atoms with Crippen molar-refractivity contribution in [2.75, 3.05) is 11.6 Å². The van der Waals surface area contributed by atoms with Crippen molar-refractivity contribution in [3.8, 4) is 5.75 Å². The molecule has 0 aliphatic carbocycles. The van der Waals surface area contributed by atoms with E-state index in [9.17, 15) is 17.9 Å². The van der Waals surface area contributed by atoms with Crippen LogP contribution < -0.4 is 5.32 Å². The molecule has 0 aliphatic rings. The van der Waals surface area contributed by atoms with Crippen LogP contribution in [0.2, 0.25) is 5.02 Å². The number of benzene rings is 2. The van der Waals surface area contributed by atoms with E-state index in [0.717, 1.165) is 6.26 Å². The van der Waals surface area contributed by atoms with Gasteiger partial charge in [-0.3, -0.25) is 0 Å². The summed E-state index contributed by atoms with van der Waals surface area (Å²) < 4.78 is 37.4. The van der Waals surface area contributed by atoms with Crippen LogP contribution in [-0.4, -0.2) is 29.7 Å². The van der Waals surface area contributed by atoms with E-state index in [-0.39, 0.29) is 15.8 Å². The molecule has 0 saturated carbocycles. The highest BCUT2D eigenvalue weighted by molar-refractivity contribution is 7.90. The van der Waals surface area contributed by atoms with Gasteiger partial charge in [0, 0.05) is 6.26 Å². The molecule has 6 nitrogen and oxygen atoms in total. The fourth-order valence-corrected chi connectivity index (χ4v) is 3.78. The molecule has 0 bridgehead atoms. The Kier molecular flexibility index (Phi) is 5.12. The number of hydrogen-bond donors (Lipinski definition) is 3. The van der Waals surface area contributed by atoms with E-state index in [0.29, 0.717) is 22.8 Å². The SMILES string of the molecule is Cc1[nH]c([C@H](Nc2ccccc2O)c2ccc(F)c(Cl)c2)nc1S(C)(=O)=O. The second-order valence-electron chi connectivity index (χ2n) is 6.09. The van der Waals surface area contributed by atoms with Gasteiger partial charge in [-0.2, -0.15) is 0 Å². The molecule has 3 N–H and O–H groups in total. The van der Waals surface area contributed by atoms with Gasteiger partial charge in [0.2, 0.25) is 0 Å². The molecular weight excluding hydrogens is 393 g/mol. The van der Waals surface area contributed by atoms with Crippen LogP contribution in [0.15, 0.2) is 47.5 Å². The van der Waals surface area contributed by atoms with Crippen LogP contribution in [0.25, 0.3) is 0 Å². The first kappa shape index (κ1) is 19.2. The molecule has 3 rings (SSSR count). The van der Waals surface area contributed by atoms with Crippen molar-refractivity contribution in [3.05, 3.63) is 70.4 Å². The summed E-state index contributed by atoms with van der Waals surface area (Å²) in [5, 5.41) is 13.0. The minimum absolute atomic E-state index is 0.00215. The number of nitrogens with one attached hydrogen (secondary N) is 2. The molecule has 2 aromatic carbocycles. The molecule has 0 spiro atoms. The highest BCUT2D eigenvalue weighted by atomic mass is 35.5. The topological polar surface area (TPSA) is 95.1 Å². The van der Waals surface area contributed by atoms with Crippen molar-refractivity contribution >= 4 is 27.1 Å². The van der Waals surface area contributed by atoms with E-state index >= 15 is 0 Å². The Balaban J connectivity index is 2.13. The lowest BCUT2D eigenvalue weighted by Crippen LogP contribution is -2.14. The van der Waals surface area contributed by atoms with Crippen LogP contribution in [0.4, 0.5) is 10.1 Å². The smallest absolute Gasteiger partial charge is 0.194 e. The summed E-state index contributed by atoms with van der Waals surface area (Å²) in [6, 6.07) is 10.0. The number of rotatable bonds is 5. The number of imidazole rings is 1. The van der Waals surface area contributed by atoms with Gasteiger partial charge in [0.15, 0.2) is 14.9 Å². The molecule has 27 heavy (non-hydrogen) atoms. The lowest BCUT2D eigenvalue weighted by Gasteiger charge is -2.19. The Morgan fingerprint density at radius 3 is 2.56 bits per heavy atom. The predicted octanol–water partition coefficient (Wildman–Crippen LogP) is 3.82. The average molecular weight is 410 g/mol. The lowest BCUT2D eigenvalue weighted by atomic mass is 10.1. The first-order valence-electron chi connectivity index (χ1n) is 7.93. The standard InChI is InChI=1S/C18H17ClFN3O3S/c1-10-18(27(2,25)26)23-17(21-10)16(11-7-8-13(20)12(19)9-11)22-14-5-3-4-6-15(14)24/h3-9,16,22,24H,1-2H3,(H,21,23)/t16-/m1/s1. The molecule has 0 saturated heterocycles. The third-order valence-electron chi connectivity index (χ3n) is 3.96. The van der Waals surface area contributed by atoms with Gasteiger partial charge < -0.3 is 15.4 Å². The largest absolute Gasteiger partial charge is 0.506 e. The Bertz CT molecular complexity index is 1100. The number of nitrogens with zero attached hydrogens (tertiary/aromatic N) is 1. The highest BCUT2D eigenvalue weighted by Gasteiger charge is 2.24. The number of para-hydroxylation sites is 2. The van der Waals surface area contributed by atoms with Crippen LogP contribution in [-0.2, 0) is 9.84 Å². The second-order valence-corrected chi connectivity index (χ2v) is 8.43. The number of H-pyrrole nitrogens is 1. The van der Waals surface area contributed by atoms with Gasteiger partial charge in [-0.1, -0.05) is 29.8 Å². The van der Waals surface area contributed by atoms with Crippen LogP contribution in [0.3, 0.4) is 0 Å². The van der Waals surface area contributed by atoms with Gasteiger partial charge in [-0.25, -0.2) is 17.8 Å². The minimum atomic E-state index is -3.53. The number of hydrogen-bond acceptors (Lipinski definition) is 5. The Hall–Kier alpha value is -2.58. The van der Waals surface area contributed by atoms with Gasteiger partial charge in [-0.15, -0.1) is 0 Å². The van der Waals surface area contributed by atoms with E-state index in [1.165, 1.54) is 24.3 Å². The summed E-state index contributed by atoms with van der Waals surface area (Å²) in [6.07, 6.45) is 1.07. The maximum atomic E-state index is 13.6. The molecule has 0 unspecified atom stereocenters. The number of aromatic amines is 1. The van der Waals surface area contributed by atoms with Crippen LogP contribution in [0.5, 0.6) is 5.75 Å². The number of aryl methyl sites for hydroxylation is 1. The number of sulfone groups is 1. The van der Waals surface area contributed by atoms with Crippen molar-refractivity contribution in [3.63, 3.8) is 0 Å². The molecule has 1 atom stereocenters. The Labute approximate surface area is 161 Å². The zero-order chi connectivity index (χ0) is 19.8. The summed E-state index contributed by atoms with van der Waals surface area (Å²) in [6.45, 7) is 1.60. The van der Waals surface area contributed by atoms with Crippen LogP contribution >= 0.6 is 11.6 Å². The minimum Gasteiger partial charge on any atom is -0.506 e.